The number of nitrogens with zero attached hydrogens (tertiary/aromatic N) is 2. The Hall–Kier alpha value is -2.14. The summed E-state index contributed by atoms with van der Waals surface area (Å²) in [7, 11) is 0. The van der Waals surface area contributed by atoms with Crippen molar-refractivity contribution in [2.24, 2.45) is 0 Å². The van der Waals surface area contributed by atoms with Gasteiger partial charge < -0.3 is 16.4 Å². The molecule has 5 nitrogen and oxygen atoms in total. The van der Waals surface area contributed by atoms with Gasteiger partial charge in [-0.1, -0.05) is 30.3 Å². The Balaban J connectivity index is 1.76. The SMILES string of the molecule is Nc1nc(NCc2ccccc2)nc2c1CNC2. The third kappa shape index (κ3) is 2.12. The molecule has 0 unspecified atom stereocenters. The van der Waals surface area contributed by atoms with Crippen LogP contribution in [0, 0.1) is 0 Å². The van der Waals surface area contributed by atoms with Crippen molar-refractivity contribution in [2.45, 2.75) is 19.6 Å². The van der Waals surface area contributed by atoms with Gasteiger partial charge >= 0.3 is 0 Å². The highest BCUT2D eigenvalue weighted by molar-refractivity contribution is 5.48. The molecule has 5 heteroatoms. The molecule has 0 bridgehead atoms. The summed E-state index contributed by atoms with van der Waals surface area (Å²) >= 11 is 0. The quantitative estimate of drug-likeness (QED) is 0.754. The molecule has 0 radical (unpaired) electrons. The first kappa shape index (κ1) is 11.0. The van der Waals surface area contributed by atoms with E-state index in [2.05, 4.69) is 32.7 Å². The van der Waals surface area contributed by atoms with Crippen LogP contribution >= 0.6 is 0 Å². The first-order chi connectivity index (χ1) is 8.83. The van der Waals surface area contributed by atoms with E-state index in [-0.39, 0.29) is 0 Å². The van der Waals surface area contributed by atoms with E-state index in [0.717, 1.165) is 24.3 Å². The number of rotatable bonds is 3. The molecule has 2 heterocycles. The van der Waals surface area contributed by atoms with Crippen molar-refractivity contribution in [3.8, 4) is 0 Å². The third-order valence-electron chi connectivity index (χ3n) is 3.01. The molecule has 0 saturated carbocycles. The van der Waals surface area contributed by atoms with Crippen LogP contribution in [0.3, 0.4) is 0 Å². The van der Waals surface area contributed by atoms with Crippen LogP contribution in [0.2, 0.25) is 0 Å². The second-order valence-corrected chi connectivity index (χ2v) is 4.30. The molecule has 4 N–H and O–H groups in total. The minimum Gasteiger partial charge on any atom is -0.383 e. The van der Waals surface area contributed by atoms with E-state index in [0.29, 0.717) is 18.3 Å². The van der Waals surface area contributed by atoms with Crippen molar-refractivity contribution in [3.05, 3.63) is 47.2 Å². The van der Waals surface area contributed by atoms with Crippen LogP contribution in [0.15, 0.2) is 30.3 Å². The smallest absolute Gasteiger partial charge is 0.225 e. The molecule has 0 fully saturated rings. The molecule has 1 aromatic heterocycles. The number of anilines is 2. The molecule has 0 aliphatic carbocycles. The Morgan fingerprint density at radius 3 is 2.83 bits per heavy atom. The topological polar surface area (TPSA) is 75.9 Å². The zero-order valence-electron chi connectivity index (χ0n) is 9.98. The fraction of sp³-hybridized carbons (Fsp3) is 0.231. The van der Waals surface area contributed by atoms with Gasteiger partial charge in [0.05, 0.1) is 5.69 Å². The van der Waals surface area contributed by atoms with E-state index in [1.807, 2.05) is 18.2 Å². The molecule has 2 aromatic rings. The second-order valence-electron chi connectivity index (χ2n) is 4.30. The summed E-state index contributed by atoms with van der Waals surface area (Å²) in [5.41, 5.74) is 9.13. The number of nitrogen functional groups attached to an aromatic ring is 1. The molecule has 3 rings (SSSR count). The summed E-state index contributed by atoms with van der Waals surface area (Å²) in [4.78, 5) is 8.74. The van der Waals surface area contributed by atoms with Crippen LogP contribution in [0.5, 0.6) is 0 Å². The largest absolute Gasteiger partial charge is 0.383 e. The predicted octanol–water partition coefficient (Wildman–Crippen LogP) is 1.27. The lowest BCUT2D eigenvalue weighted by Gasteiger charge is -2.08. The maximum Gasteiger partial charge on any atom is 0.225 e. The minimum absolute atomic E-state index is 0.570. The van der Waals surface area contributed by atoms with Crippen LogP contribution in [0.1, 0.15) is 16.8 Å². The van der Waals surface area contributed by atoms with Crippen LogP contribution in [-0.4, -0.2) is 9.97 Å². The highest BCUT2D eigenvalue weighted by Gasteiger charge is 2.16. The van der Waals surface area contributed by atoms with Gasteiger partial charge in [0.2, 0.25) is 5.95 Å². The minimum atomic E-state index is 0.570. The standard InChI is InChI=1S/C13H15N5/c14-12-10-7-15-8-11(10)17-13(18-12)16-6-9-4-2-1-3-5-9/h1-5,15H,6-8H2,(H3,14,16,17,18). The summed E-state index contributed by atoms with van der Waals surface area (Å²) in [5, 5.41) is 6.42. The van der Waals surface area contributed by atoms with Gasteiger partial charge in [0, 0.05) is 25.2 Å². The molecule has 1 aliphatic rings. The molecule has 92 valence electrons. The zero-order chi connectivity index (χ0) is 12.4. The van der Waals surface area contributed by atoms with Crippen molar-refractivity contribution in [1.29, 1.82) is 0 Å². The lowest BCUT2D eigenvalue weighted by Crippen LogP contribution is -2.08. The molecule has 1 aliphatic heterocycles. The van der Waals surface area contributed by atoms with Crippen molar-refractivity contribution in [1.82, 2.24) is 15.3 Å². The molecule has 0 amide bonds. The van der Waals surface area contributed by atoms with Gasteiger partial charge in [0.1, 0.15) is 5.82 Å². The van der Waals surface area contributed by atoms with Gasteiger partial charge in [-0.2, -0.15) is 4.98 Å². The summed E-state index contributed by atoms with van der Waals surface area (Å²) in [5.74, 6) is 1.17. The summed E-state index contributed by atoms with van der Waals surface area (Å²) in [6.07, 6.45) is 0. The maximum absolute atomic E-state index is 5.91. The van der Waals surface area contributed by atoms with Crippen molar-refractivity contribution in [2.75, 3.05) is 11.1 Å². The van der Waals surface area contributed by atoms with Crippen LogP contribution < -0.4 is 16.4 Å². The molecular weight excluding hydrogens is 226 g/mol. The lowest BCUT2D eigenvalue weighted by atomic mass is 10.2. The molecule has 0 atom stereocenters. The Kier molecular flexibility index (Phi) is 2.82. The second kappa shape index (κ2) is 4.62. The van der Waals surface area contributed by atoms with Crippen molar-refractivity contribution >= 4 is 11.8 Å². The highest BCUT2D eigenvalue weighted by Crippen LogP contribution is 2.20. The Morgan fingerprint density at radius 2 is 2.00 bits per heavy atom. The lowest BCUT2D eigenvalue weighted by molar-refractivity contribution is 0.758. The first-order valence-electron chi connectivity index (χ1n) is 5.97. The van der Waals surface area contributed by atoms with Gasteiger partial charge in [0.25, 0.3) is 0 Å². The molecule has 0 spiro atoms. The van der Waals surface area contributed by atoms with E-state index in [1.165, 1.54) is 5.56 Å². The van der Waals surface area contributed by atoms with Gasteiger partial charge in [-0.25, -0.2) is 4.98 Å². The first-order valence-corrected chi connectivity index (χ1v) is 5.97. The molecule has 18 heavy (non-hydrogen) atoms. The number of aromatic nitrogens is 2. The van der Waals surface area contributed by atoms with E-state index in [4.69, 9.17) is 5.73 Å². The number of nitrogens with two attached hydrogens (primary N) is 1. The van der Waals surface area contributed by atoms with Crippen LogP contribution in [0.4, 0.5) is 11.8 Å². The summed E-state index contributed by atoms with van der Waals surface area (Å²) < 4.78 is 0. The zero-order valence-corrected chi connectivity index (χ0v) is 9.98. The fourth-order valence-corrected chi connectivity index (χ4v) is 2.05. The van der Waals surface area contributed by atoms with Crippen molar-refractivity contribution in [3.63, 3.8) is 0 Å². The number of hydrogen-bond acceptors (Lipinski definition) is 5. The van der Waals surface area contributed by atoms with E-state index in [9.17, 15) is 0 Å². The fourth-order valence-electron chi connectivity index (χ4n) is 2.05. The summed E-state index contributed by atoms with van der Waals surface area (Å²) in [6.45, 7) is 2.23. The average Bonchev–Trinajstić information content (AvgIpc) is 2.86. The normalized spacial score (nSPS) is 13.3. The average molecular weight is 241 g/mol. The van der Waals surface area contributed by atoms with E-state index in [1.54, 1.807) is 0 Å². The van der Waals surface area contributed by atoms with Gasteiger partial charge in [-0.05, 0) is 5.56 Å². The monoisotopic (exact) mass is 241 g/mol. The van der Waals surface area contributed by atoms with Crippen LogP contribution in [0.25, 0.3) is 0 Å². The highest BCUT2D eigenvalue weighted by atomic mass is 15.1. The predicted molar refractivity (Wildman–Crippen MR) is 70.8 cm³/mol. The van der Waals surface area contributed by atoms with Gasteiger partial charge in [0.15, 0.2) is 0 Å². The van der Waals surface area contributed by atoms with Gasteiger partial charge in [-0.3, -0.25) is 0 Å². The molecule has 1 aromatic carbocycles. The van der Waals surface area contributed by atoms with Crippen LogP contribution in [-0.2, 0) is 19.6 Å². The number of benzene rings is 1. The van der Waals surface area contributed by atoms with E-state index < -0.39 is 0 Å². The number of nitrogens with one attached hydrogen (secondary N) is 2. The number of hydrogen-bond donors (Lipinski definition) is 3. The van der Waals surface area contributed by atoms with Gasteiger partial charge in [-0.15, -0.1) is 0 Å². The molecule has 0 saturated heterocycles. The molecular formula is C13H15N5. The Labute approximate surface area is 105 Å². The Bertz CT molecular complexity index is 553. The third-order valence-corrected chi connectivity index (χ3v) is 3.01. The van der Waals surface area contributed by atoms with E-state index >= 15 is 0 Å². The Morgan fingerprint density at radius 1 is 1.17 bits per heavy atom. The number of fused-ring (bicyclic) bond motifs is 1. The summed E-state index contributed by atoms with van der Waals surface area (Å²) in [6, 6.07) is 10.1. The maximum atomic E-state index is 5.91. The van der Waals surface area contributed by atoms with Crippen molar-refractivity contribution < 1.29 is 0 Å².